The number of fused-ring (bicyclic) bond motifs is 1. The molecule has 8 heteroatoms. The molecule has 0 bridgehead atoms. The molecule has 1 N–H and O–H groups in total. The van der Waals surface area contributed by atoms with E-state index in [4.69, 9.17) is 16.3 Å². The summed E-state index contributed by atoms with van der Waals surface area (Å²) in [5.41, 5.74) is 1.63. The van der Waals surface area contributed by atoms with Gasteiger partial charge in [-0.15, -0.1) is 11.6 Å². The van der Waals surface area contributed by atoms with Crippen LogP contribution in [0.4, 0.5) is 0 Å². The molecule has 0 unspecified atom stereocenters. The van der Waals surface area contributed by atoms with E-state index in [1.54, 1.807) is 0 Å². The minimum absolute atomic E-state index is 0.249. The first-order valence-electron chi connectivity index (χ1n) is 6.57. The molecule has 1 aromatic heterocycles. The molecule has 1 aromatic carbocycles. The lowest BCUT2D eigenvalue weighted by molar-refractivity contribution is 0.343. The van der Waals surface area contributed by atoms with E-state index < -0.39 is 10.0 Å². The van der Waals surface area contributed by atoms with Gasteiger partial charge in [0.2, 0.25) is 10.0 Å². The summed E-state index contributed by atoms with van der Waals surface area (Å²) in [6, 6.07) is 5.66. The van der Waals surface area contributed by atoms with Crippen molar-refractivity contribution in [3.63, 3.8) is 0 Å². The van der Waals surface area contributed by atoms with E-state index in [0.29, 0.717) is 24.7 Å². The Balaban J connectivity index is 2.35. The Hall–Kier alpha value is -1.31. The predicted molar refractivity (Wildman–Crippen MR) is 83.3 cm³/mol. The smallest absolute Gasteiger partial charge is 0.208 e. The summed E-state index contributed by atoms with van der Waals surface area (Å²) < 4.78 is 32.2. The Morgan fingerprint density at radius 1 is 1.43 bits per heavy atom. The first-order valence-corrected chi connectivity index (χ1v) is 9.00. The van der Waals surface area contributed by atoms with Gasteiger partial charge in [0.05, 0.1) is 24.3 Å². The first kappa shape index (κ1) is 16.1. The van der Waals surface area contributed by atoms with Crippen LogP contribution < -0.4 is 9.46 Å². The second-order valence-corrected chi connectivity index (χ2v) is 6.64. The number of benzene rings is 1. The number of sulfonamides is 1. The van der Waals surface area contributed by atoms with Crippen LogP contribution >= 0.6 is 11.6 Å². The van der Waals surface area contributed by atoms with Crippen molar-refractivity contribution in [2.24, 2.45) is 0 Å². The molecular formula is C13H18ClN3O3S. The zero-order valence-electron chi connectivity index (χ0n) is 12.0. The van der Waals surface area contributed by atoms with Gasteiger partial charge in [0.25, 0.3) is 0 Å². The number of aromatic nitrogens is 2. The summed E-state index contributed by atoms with van der Waals surface area (Å²) in [7, 11) is -3.21. The van der Waals surface area contributed by atoms with Crippen molar-refractivity contribution in [3.05, 3.63) is 24.0 Å². The van der Waals surface area contributed by atoms with E-state index in [0.717, 1.165) is 17.3 Å². The lowest BCUT2D eigenvalue weighted by Crippen LogP contribution is -2.26. The molecular weight excluding hydrogens is 314 g/mol. The highest BCUT2D eigenvalue weighted by Gasteiger charge is 2.13. The topological polar surface area (TPSA) is 73.2 Å². The van der Waals surface area contributed by atoms with Crippen molar-refractivity contribution >= 4 is 32.7 Å². The van der Waals surface area contributed by atoms with Crippen molar-refractivity contribution in [1.29, 1.82) is 0 Å². The third-order valence-electron chi connectivity index (χ3n) is 2.94. The lowest BCUT2D eigenvalue weighted by Gasteiger charge is -2.08. The number of para-hydroxylation sites is 1. The maximum Gasteiger partial charge on any atom is 0.208 e. The van der Waals surface area contributed by atoms with Gasteiger partial charge in [-0.2, -0.15) is 0 Å². The van der Waals surface area contributed by atoms with Crippen LogP contribution in [0.3, 0.4) is 0 Å². The van der Waals surface area contributed by atoms with Gasteiger partial charge in [-0.05, 0) is 19.1 Å². The maximum absolute atomic E-state index is 11.1. The Morgan fingerprint density at radius 3 is 2.81 bits per heavy atom. The molecule has 0 aliphatic heterocycles. The summed E-state index contributed by atoms with van der Waals surface area (Å²) in [6.45, 7) is 3.21. The van der Waals surface area contributed by atoms with Gasteiger partial charge in [-0.25, -0.2) is 18.1 Å². The largest absolute Gasteiger partial charge is 0.492 e. The van der Waals surface area contributed by atoms with Gasteiger partial charge in [-0.3, -0.25) is 0 Å². The van der Waals surface area contributed by atoms with Gasteiger partial charge in [-0.1, -0.05) is 6.07 Å². The predicted octanol–water partition coefficient (Wildman–Crippen LogP) is 1.72. The highest BCUT2D eigenvalue weighted by Crippen LogP contribution is 2.26. The highest BCUT2D eigenvalue weighted by atomic mass is 35.5. The van der Waals surface area contributed by atoms with Crippen LogP contribution in [-0.4, -0.2) is 37.4 Å². The average molecular weight is 332 g/mol. The van der Waals surface area contributed by atoms with Crippen LogP contribution in [0.25, 0.3) is 11.0 Å². The fourth-order valence-electron chi connectivity index (χ4n) is 2.14. The first-order chi connectivity index (χ1) is 9.96. The van der Waals surface area contributed by atoms with Crippen LogP contribution in [0.15, 0.2) is 18.2 Å². The van der Waals surface area contributed by atoms with Crippen LogP contribution in [0, 0.1) is 0 Å². The van der Waals surface area contributed by atoms with Gasteiger partial charge < -0.3 is 9.30 Å². The molecule has 116 valence electrons. The van der Waals surface area contributed by atoms with Crippen molar-refractivity contribution in [3.8, 4) is 5.75 Å². The number of nitrogens with one attached hydrogen (secondary N) is 1. The van der Waals surface area contributed by atoms with E-state index in [9.17, 15) is 8.42 Å². The molecule has 0 fully saturated rings. The van der Waals surface area contributed by atoms with Crippen molar-refractivity contribution in [2.75, 3.05) is 19.4 Å². The van der Waals surface area contributed by atoms with Crippen molar-refractivity contribution < 1.29 is 13.2 Å². The fraction of sp³-hybridized carbons (Fsp3) is 0.462. The Morgan fingerprint density at radius 2 is 2.19 bits per heavy atom. The zero-order valence-corrected chi connectivity index (χ0v) is 13.5. The number of hydrogen-bond acceptors (Lipinski definition) is 4. The highest BCUT2D eigenvalue weighted by molar-refractivity contribution is 7.88. The third-order valence-corrected chi connectivity index (χ3v) is 3.91. The van der Waals surface area contributed by atoms with E-state index in [1.165, 1.54) is 0 Å². The number of nitrogens with zero attached hydrogens (tertiary/aromatic N) is 2. The fourth-order valence-corrected chi connectivity index (χ4v) is 2.80. The Bertz CT molecular complexity index is 728. The average Bonchev–Trinajstić information content (AvgIpc) is 2.77. The number of alkyl halides is 1. The quantitative estimate of drug-likeness (QED) is 0.784. The van der Waals surface area contributed by atoms with Gasteiger partial charge >= 0.3 is 0 Å². The van der Waals surface area contributed by atoms with Crippen LogP contribution in [0.2, 0.25) is 0 Å². The summed E-state index contributed by atoms with van der Waals surface area (Å²) in [6.07, 6.45) is 1.13. The minimum atomic E-state index is -3.21. The summed E-state index contributed by atoms with van der Waals surface area (Å²) >= 11 is 5.94. The molecule has 0 radical (unpaired) electrons. The number of rotatable bonds is 7. The monoisotopic (exact) mass is 331 g/mol. The molecule has 21 heavy (non-hydrogen) atoms. The number of ether oxygens (including phenoxy) is 1. The second-order valence-electron chi connectivity index (χ2n) is 4.54. The summed E-state index contributed by atoms with van der Waals surface area (Å²) in [5, 5.41) is 0. The van der Waals surface area contributed by atoms with E-state index in [-0.39, 0.29) is 12.4 Å². The van der Waals surface area contributed by atoms with Gasteiger partial charge in [0.15, 0.2) is 0 Å². The molecule has 0 atom stereocenters. The molecule has 0 aliphatic carbocycles. The normalized spacial score (nSPS) is 12.0. The maximum atomic E-state index is 11.1. The van der Waals surface area contributed by atoms with Crippen molar-refractivity contribution in [2.45, 2.75) is 19.3 Å². The molecule has 1 heterocycles. The number of hydrogen-bond donors (Lipinski definition) is 1. The summed E-state index contributed by atoms with van der Waals surface area (Å²) in [5.74, 6) is 1.64. The van der Waals surface area contributed by atoms with Crippen LogP contribution in [0.1, 0.15) is 12.7 Å². The summed E-state index contributed by atoms with van der Waals surface area (Å²) in [4.78, 5) is 4.49. The number of halogens is 1. The molecule has 0 aliphatic rings. The second kappa shape index (κ2) is 6.64. The zero-order chi connectivity index (χ0) is 15.5. The van der Waals surface area contributed by atoms with Crippen LogP contribution in [0.5, 0.6) is 5.75 Å². The Labute approximate surface area is 129 Å². The molecule has 0 spiro atoms. The van der Waals surface area contributed by atoms with E-state index >= 15 is 0 Å². The minimum Gasteiger partial charge on any atom is -0.492 e. The van der Waals surface area contributed by atoms with Gasteiger partial charge in [0.1, 0.15) is 17.1 Å². The molecule has 0 amide bonds. The van der Waals surface area contributed by atoms with E-state index in [2.05, 4.69) is 9.71 Å². The molecule has 2 rings (SSSR count). The molecule has 0 saturated heterocycles. The SMILES string of the molecule is CCOc1cccc2c1nc(CCl)n2CCNS(C)(=O)=O. The van der Waals surface area contributed by atoms with Gasteiger partial charge in [0, 0.05) is 13.1 Å². The molecule has 0 saturated carbocycles. The molecule has 2 aromatic rings. The standard InChI is InChI=1S/C13H18ClN3O3S/c1-3-20-11-6-4-5-10-13(11)16-12(9-14)17(10)8-7-15-21(2,18)19/h4-6,15H,3,7-9H2,1-2H3. The third kappa shape index (κ3) is 3.87. The molecule has 6 nitrogen and oxygen atoms in total. The van der Waals surface area contributed by atoms with E-state index in [1.807, 2.05) is 29.7 Å². The Kier molecular flexibility index (Phi) is 5.08. The lowest BCUT2D eigenvalue weighted by atomic mass is 10.3. The number of imidazole rings is 1. The van der Waals surface area contributed by atoms with Crippen molar-refractivity contribution in [1.82, 2.24) is 14.3 Å². The van der Waals surface area contributed by atoms with Crippen LogP contribution in [-0.2, 0) is 22.4 Å².